The SMILES string of the molecule is Cc1cc(C)cc(NC(=O)c2ccc(NC(=O)[C@@H]3[C@@H]4C[C@H]5[C@@H]3C(=O)O[C@@H]5C4)cc2)c1. The Balaban J connectivity index is 1.25. The second-order valence-corrected chi connectivity index (χ2v) is 8.82. The Bertz CT molecular complexity index is 1020. The van der Waals surface area contributed by atoms with Crippen LogP contribution in [-0.2, 0) is 14.3 Å². The van der Waals surface area contributed by atoms with E-state index < -0.39 is 0 Å². The first kappa shape index (κ1) is 18.9. The molecule has 3 fully saturated rings. The predicted molar refractivity (Wildman–Crippen MR) is 112 cm³/mol. The zero-order valence-electron chi connectivity index (χ0n) is 17.0. The van der Waals surface area contributed by atoms with Gasteiger partial charge >= 0.3 is 5.97 Å². The lowest BCUT2D eigenvalue weighted by atomic mass is 9.79. The number of carbonyl (C=O) groups is 3. The standard InChI is InChI=1S/C24H24N2O4/c1-12-7-13(2)9-17(8-12)26-22(27)14-3-5-16(6-4-14)25-23(28)20-15-10-18-19(11-15)30-24(29)21(18)20/h3-9,15,18-21H,10-11H2,1-2H3,(H,25,28)(H,26,27)/t15-,18-,19-,20-,21+/m1/s1. The van der Waals surface area contributed by atoms with Crippen molar-refractivity contribution in [2.75, 3.05) is 10.6 Å². The highest BCUT2D eigenvalue weighted by Crippen LogP contribution is 2.57. The molecular weight excluding hydrogens is 380 g/mol. The maximum atomic E-state index is 12.9. The first-order valence-electron chi connectivity index (χ1n) is 10.4. The Morgan fingerprint density at radius 2 is 1.63 bits per heavy atom. The number of hydrogen-bond acceptors (Lipinski definition) is 4. The van der Waals surface area contributed by atoms with Gasteiger partial charge in [0.25, 0.3) is 5.91 Å². The van der Waals surface area contributed by atoms with E-state index in [0.717, 1.165) is 29.7 Å². The van der Waals surface area contributed by atoms with Gasteiger partial charge in [-0.2, -0.15) is 0 Å². The number of fused-ring (bicyclic) bond motifs is 1. The normalized spacial score (nSPS) is 28.3. The first-order chi connectivity index (χ1) is 14.4. The van der Waals surface area contributed by atoms with E-state index in [-0.39, 0.29) is 47.6 Å². The molecule has 1 aliphatic heterocycles. The van der Waals surface area contributed by atoms with E-state index in [1.54, 1.807) is 24.3 Å². The Hall–Kier alpha value is -3.15. The summed E-state index contributed by atoms with van der Waals surface area (Å²) in [5.74, 6) is -0.731. The van der Waals surface area contributed by atoms with Gasteiger partial charge in [-0.15, -0.1) is 0 Å². The molecule has 1 saturated heterocycles. The molecule has 0 unspecified atom stereocenters. The molecule has 2 bridgehead atoms. The van der Waals surface area contributed by atoms with Crippen LogP contribution in [0.15, 0.2) is 42.5 Å². The van der Waals surface area contributed by atoms with Crippen LogP contribution in [0.1, 0.15) is 34.3 Å². The van der Waals surface area contributed by atoms with Gasteiger partial charge in [0.05, 0.1) is 11.8 Å². The summed E-state index contributed by atoms with van der Waals surface area (Å²) < 4.78 is 5.41. The largest absolute Gasteiger partial charge is 0.462 e. The van der Waals surface area contributed by atoms with Gasteiger partial charge in [-0.25, -0.2) is 0 Å². The molecule has 6 nitrogen and oxygen atoms in total. The summed E-state index contributed by atoms with van der Waals surface area (Å²) in [5.41, 5.74) is 4.05. The van der Waals surface area contributed by atoms with Gasteiger partial charge in [-0.3, -0.25) is 14.4 Å². The lowest BCUT2D eigenvalue weighted by Crippen LogP contribution is -2.35. The fraction of sp³-hybridized carbons (Fsp3) is 0.375. The molecule has 154 valence electrons. The van der Waals surface area contributed by atoms with Crippen LogP contribution in [-0.4, -0.2) is 23.9 Å². The molecular formula is C24H24N2O4. The van der Waals surface area contributed by atoms with E-state index >= 15 is 0 Å². The third-order valence-electron chi connectivity index (χ3n) is 6.68. The number of rotatable bonds is 4. The van der Waals surface area contributed by atoms with Crippen LogP contribution in [0.3, 0.4) is 0 Å². The zero-order valence-corrected chi connectivity index (χ0v) is 17.0. The predicted octanol–water partition coefficient (Wildman–Crippen LogP) is 3.69. The Morgan fingerprint density at radius 1 is 0.933 bits per heavy atom. The molecule has 5 atom stereocenters. The quantitative estimate of drug-likeness (QED) is 0.761. The van der Waals surface area contributed by atoms with Crippen molar-refractivity contribution in [3.05, 3.63) is 59.2 Å². The van der Waals surface area contributed by atoms with E-state index in [4.69, 9.17) is 4.74 Å². The highest BCUT2D eigenvalue weighted by Gasteiger charge is 2.63. The molecule has 0 radical (unpaired) electrons. The maximum Gasteiger partial charge on any atom is 0.310 e. The second-order valence-electron chi connectivity index (χ2n) is 8.82. The van der Waals surface area contributed by atoms with Gasteiger partial charge in [0.2, 0.25) is 5.91 Å². The highest BCUT2D eigenvalue weighted by atomic mass is 16.6. The summed E-state index contributed by atoms with van der Waals surface area (Å²) in [7, 11) is 0. The molecule has 2 N–H and O–H groups in total. The van der Waals surface area contributed by atoms with E-state index in [0.29, 0.717) is 11.3 Å². The minimum Gasteiger partial charge on any atom is -0.462 e. The lowest BCUT2D eigenvalue weighted by molar-refractivity contribution is -0.145. The highest BCUT2D eigenvalue weighted by molar-refractivity contribution is 6.05. The van der Waals surface area contributed by atoms with Crippen molar-refractivity contribution in [3.63, 3.8) is 0 Å². The average molecular weight is 404 g/mol. The number of hydrogen-bond donors (Lipinski definition) is 2. The third kappa shape index (κ3) is 3.16. The topological polar surface area (TPSA) is 84.5 Å². The number of ether oxygens (including phenoxy) is 1. The molecule has 30 heavy (non-hydrogen) atoms. The van der Waals surface area contributed by atoms with E-state index in [1.165, 1.54) is 0 Å². The Morgan fingerprint density at radius 3 is 2.33 bits per heavy atom. The van der Waals surface area contributed by atoms with Crippen molar-refractivity contribution < 1.29 is 19.1 Å². The molecule has 0 aromatic heterocycles. The second kappa shape index (κ2) is 6.97. The summed E-state index contributed by atoms with van der Waals surface area (Å²) in [6, 6.07) is 12.7. The molecule has 2 saturated carbocycles. The molecule has 0 spiro atoms. The molecule has 3 aliphatic rings. The van der Waals surface area contributed by atoms with Crippen molar-refractivity contribution in [1.29, 1.82) is 0 Å². The summed E-state index contributed by atoms with van der Waals surface area (Å²) in [6.07, 6.45) is 1.71. The smallest absolute Gasteiger partial charge is 0.310 e. The summed E-state index contributed by atoms with van der Waals surface area (Å²) in [4.78, 5) is 37.5. The van der Waals surface area contributed by atoms with Crippen LogP contribution in [0.4, 0.5) is 11.4 Å². The molecule has 2 aromatic carbocycles. The van der Waals surface area contributed by atoms with E-state index in [9.17, 15) is 14.4 Å². The summed E-state index contributed by atoms with van der Waals surface area (Å²) in [5, 5.41) is 5.83. The monoisotopic (exact) mass is 404 g/mol. The number of amides is 2. The van der Waals surface area contributed by atoms with Crippen molar-refractivity contribution >= 4 is 29.2 Å². The van der Waals surface area contributed by atoms with Gasteiger partial charge in [0.15, 0.2) is 0 Å². The van der Waals surface area contributed by atoms with Gasteiger partial charge in [0, 0.05) is 22.9 Å². The number of anilines is 2. The number of carbonyl (C=O) groups excluding carboxylic acids is 3. The number of benzene rings is 2. The first-order valence-corrected chi connectivity index (χ1v) is 10.4. The fourth-order valence-electron chi connectivity index (χ4n) is 5.54. The fourth-order valence-corrected chi connectivity index (χ4v) is 5.54. The minimum atomic E-state index is -0.311. The van der Waals surface area contributed by atoms with Crippen LogP contribution in [0, 0.1) is 37.5 Å². The zero-order chi connectivity index (χ0) is 21.0. The lowest BCUT2D eigenvalue weighted by Gasteiger charge is -2.23. The van der Waals surface area contributed by atoms with Crippen molar-refractivity contribution in [1.82, 2.24) is 0 Å². The third-order valence-corrected chi connectivity index (χ3v) is 6.68. The van der Waals surface area contributed by atoms with Gasteiger partial charge in [0.1, 0.15) is 6.10 Å². The van der Waals surface area contributed by atoms with Crippen LogP contribution in [0.2, 0.25) is 0 Å². The van der Waals surface area contributed by atoms with E-state index in [2.05, 4.69) is 16.7 Å². The molecule has 5 rings (SSSR count). The molecule has 6 heteroatoms. The summed E-state index contributed by atoms with van der Waals surface area (Å²) >= 11 is 0. The number of nitrogens with one attached hydrogen (secondary N) is 2. The number of esters is 1. The van der Waals surface area contributed by atoms with Crippen molar-refractivity contribution in [3.8, 4) is 0 Å². The number of aryl methyl sites for hydroxylation is 2. The molecule has 2 aliphatic carbocycles. The van der Waals surface area contributed by atoms with Crippen LogP contribution in [0.25, 0.3) is 0 Å². The van der Waals surface area contributed by atoms with Crippen LogP contribution in [0.5, 0.6) is 0 Å². The Kier molecular flexibility index (Phi) is 4.38. The van der Waals surface area contributed by atoms with Gasteiger partial charge < -0.3 is 15.4 Å². The molecule has 2 aromatic rings. The van der Waals surface area contributed by atoms with Crippen molar-refractivity contribution in [2.45, 2.75) is 32.8 Å². The molecule has 2 amide bonds. The average Bonchev–Trinajstić information content (AvgIpc) is 3.30. The van der Waals surface area contributed by atoms with Crippen LogP contribution >= 0.6 is 0 Å². The van der Waals surface area contributed by atoms with Crippen LogP contribution < -0.4 is 10.6 Å². The maximum absolute atomic E-state index is 12.9. The summed E-state index contributed by atoms with van der Waals surface area (Å²) in [6.45, 7) is 3.98. The van der Waals surface area contributed by atoms with Gasteiger partial charge in [-0.1, -0.05) is 6.07 Å². The minimum absolute atomic E-state index is 0.0199. The van der Waals surface area contributed by atoms with E-state index in [1.807, 2.05) is 26.0 Å². The molecule has 1 heterocycles. The Labute approximate surface area is 175 Å². The van der Waals surface area contributed by atoms with Crippen molar-refractivity contribution in [2.24, 2.45) is 23.7 Å². The van der Waals surface area contributed by atoms with Gasteiger partial charge in [-0.05, 0) is 80.1 Å².